The Hall–Kier alpha value is -3.58. The maximum atomic E-state index is 5.12. The van der Waals surface area contributed by atoms with E-state index in [2.05, 4.69) is 63.1 Å². The number of aliphatic imine (C=N–C) groups is 1. The number of imidazole rings is 1. The first kappa shape index (κ1) is 22.9. The number of aromatic nitrogens is 4. The van der Waals surface area contributed by atoms with Crippen molar-refractivity contribution >= 4 is 22.4 Å². The average Bonchev–Trinajstić information content (AvgIpc) is 3.22. The molecule has 7 heteroatoms. The molecule has 5 heterocycles. The topological polar surface area (TPSA) is 73.3 Å². The fourth-order valence-corrected chi connectivity index (χ4v) is 5.44. The summed E-state index contributed by atoms with van der Waals surface area (Å²) >= 11 is 0. The molecule has 0 amide bonds. The summed E-state index contributed by atoms with van der Waals surface area (Å²) < 4.78 is 0. The minimum absolute atomic E-state index is 0.799. The second-order valence-electron chi connectivity index (χ2n) is 10.2. The molecule has 2 aliphatic rings. The van der Waals surface area contributed by atoms with Crippen LogP contribution in [0.25, 0.3) is 22.2 Å². The highest BCUT2D eigenvalue weighted by atomic mass is 15.2. The number of aryl methyl sites for hydroxylation is 1. The van der Waals surface area contributed by atoms with Crippen LogP contribution < -0.4 is 4.90 Å². The van der Waals surface area contributed by atoms with Crippen LogP contribution in [0.4, 0.5) is 5.69 Å². The van der Waals surface area contributed by atoms with Crippen molar-refractivity contribution in [2.75, 3.05) is 38.6 Å². The highest BCUT2D eigenvalue weighted by Crippen LogP contribution is 2.30. The molecule has 0 bridgehead atoms. The zero-order valence-corrected chi connectivity index (χ0v) is 21.2. The van der Waals surface area contributed by atoms with Crippen LogP contribution in [0.5, 0.6) is 0 Å². The predicted molar refractivity (Wildman–Crippen MR) is 146 cm³/mol. The lowest BCUT2D eigenvalue weighted by Gasteiger charge is -2.28. The quantitative estimate of drug-likeness (QED) is 0.443. The summed E-state index contributed by atoms with van der Waals surface area (Å²) in [6.07, 6.45) is 13.5. The number of aromatic amines is 1. The monoisotopic (exact) mass is 479 g/mol. The summed E-state index contributed by atoms with van der Waals surface area (Å²) in [7, 11) is 4.16. The Kier molecular flexibility index (Phi) is 6.23. The number of piperidine rings is 1. The van der Waals surface area contributed by atoms with Crippen LogP contribution in [0, 0.1) is 0 Å². The SMILES string of the molecule is CN(C)Cc1cncc(-c2ccc3c(c2)C(c2nc4c(N5CCCCC5)cncc4[nH]2)=NCCC3)c1. The van der Waals surface area contributed by atoms with Crippen LogP contribution in [0.3, 0.4) is 0 Å². The Labute approximate surface area is 212 Å². The van der Waals surface area contributed by atoms with Gasteiger partial charge in [0.2, 0.25) is 0 Å². The van der Waals surface area contributed by atoms with Gasteiger partial charge < -0.3 is 14.8 Å². The van der Waals surface area contributed by atoms with Crippen molar-refractivity contribution < 1.29 is 0 Å². The number of fused-ring (bicyclic) bond motifs is 2. The third-order valence-electron chi connectivity index (χ3n) is 7.16. The second-order valence-corrected chi connectivity index (χ2v) is 10.2. The Balaban J connectivity index is 1.41. The molecular formula is C29H33N7. The van der Waals surface area contributed by atoms with Crippen LogP contribution in [-0.4, -0.2) is 64.3 Å². The summed E-state index contributed by atoms with van der Waals surface area (Å²) in [4.78, 5) is 27.3. The van der Waals surface area contributed by atoms with Gasteiger partial charge in [-0.1, -0.05) is 12.1 Å². The van der Waals surface area contributed by atoms with E-state index in [0.717, 1.165) is 84.0 Å². The van der Waals surface area contributed by atoms with Gasteiger partial charge in [-0.05, 0) is 75.0 Å². The predicted octanol–water partition coefficient (Wildman–Crippen LogP) is 4.86. The number of nitrogens with zero attached hydrogens (tertiary/aromatic N) is 6. The van der Waals surface area contributed by atoms with E-state index < -0.39 is 0 Å². The van der Waals surface area contributed by atoms with Crippen molar-refractivity contribution in [2.45, 2.75) is 38.6 Å². The number of hydrogen-bond acceptors (Lipinski definition) is 6. The third-order valence-corrected chi connectivity index (χ3v) is 7.16. The summed E-state index contributed by atoms with van der Waals surface area (Å²) in [5, 5.41) is 0. The molecule has 3 aromatic heterocycles. The van der Waals surface area contributed by atoms with Gasteiger partial charge in [0.1, 0.15) is 11.2 Å². The number of pyridine rings is 2. The van der Waals surface area contributed by atoms with Crippen molar-refractivity contribution in [2.24, 2.45) is 4.99 Å². The normalized spacial score (nSPS) is 16.2. The van der Waals surface area contributed by atoms with Crippen molar-refractivity contribution in [3.8, 4) is 11.1 Å². The molecule has 0 atom stereocenters. The lowest BCUT2D eigenvalue weighted by atomic mass is 9.94. The summed E-state index contributed by atoms with van der Waals surface area (Å²) in [5.41, 5.74) is 10.0. The molecule has 6 rings (SSSR count). The minimum Gasteiger partial charge on any atom is -0.368 e. The first-order chi connectivity index (χ1) is 17.7. The van der Waals surface area contributed by atoms with Gasteiger partial charge in [0.15, 0.2) is 5.82 Å². The molecule has 4 aromatic rings. The standard InChI is InChI=1S/C29H33N7/c1-35(2)19-20-13-23(16-30-15-20)22-9-8-21-7-6-10-32-27(24(21)14-22)29-33-25-17-31-18-26(28(25)34-29)36-11-4-3-5-12-36/h8-9,13-18H,3-7,10-12,19H2,1-2H3,(H,33,34). The molecule has 1 saturated heterocycles. The maximum Gasteiger partial charge on any atom is 0.157 e. The number of H-pyrrole nitrogens is 1. The zero-order chi connectivity index (χ0) is 24.5. The second kappa shape index (κ2) is 9.82. The molecule has 2 aliphatic heterocycles. The lowest BCUT2D eigenvalue weighted by Crippen LogP contribution is -2.29. The Morgan fingerprint density at radius 2 is 1.78 bits per heavy atom. The van der Waals surface area contributed by atoms with Gasteiger partial charge in [-0.25, -0.2) is 4.98 Å². The van der Waals surface area contributed by atoms with E-state index >= 15 is 0 Å². The van der Waals surface area contributed by atoms with Gasteiger partial charge in [0, 0.05) is 49.7 Å². The molecule has 0 spiro atoms. The van der Waals surface area contributed by atoms with Crippen LogP contribution in [0.1, 0.15) is 48.2 Å². The summed E-state index contributed by atoms with van der Waals surface area (Å²) in [6, 6.07) is 8.98. The van der Waals surface area contributed by atoms with Crippen LogP contribution in [0.2, 0.25) is 0 Å². The maximum absolute atomic E-state index is 5.12. The number of nitrogens with one attached hydrogen (secondary N) is 1. The number of anilines is 1. The van der Waals surface area contributed by atoms with E-state index in [0.29, 0.717) is 0 Å². The molecule has 1 N–H and O–H groups in total. The smallest absolute Gasteiger partial charge is 0.157 e. The molecular weight excluding hydrogens is 446 g/mol. The van der Waals surface area contributed by atoms with E-state index in [1.165, 1.54) is 30.4 Å². The average molecular weight is 480 g/mol. The van der Waals surface area contributed by atoms with E-state index in [4.69, 9.17) is 9.98 Å². The van der Waals surface area contributed by atoms with Gasteiger partial charge >= 0.3 is 0 Å². The highest BCUT2D eigenvalue weighted by molar-refractivity contribution is 6.13. The van der Waals surface area contributed by atoms with Gasteiger partial charge in [-0.3, -0.25) is 15.0 Å². The van der Waals surface area contributed by atoms with Gasteiger partial charge in [-0.15, -0.1) is 0 Å². The van der Waals surface area contributed by atoms with Crippen molar-refractivity contribution in [3.05, 3.63) is 71.6 Å². The van der Waals surface area contributed by atoms with Gasteiger partial charge in [-0.2, -0.15) is 0 Å². The molecule has 0 saturated carbocycles. The third kappa shape index (κ3) is 4.51. The van der Waals surface area contributed by atoms with Crippen molar-refractivity contribution in [1.82, 2.24) is 24.8 Å². The molecule has 1 fully saturated rings. The molecule has 36 heavy (non-hydrogen) atoms. The largest absolute Gasteiger partial charge is 0.368 e. The van der Waals surface area contributed by atoms with Crippen LogP contribution in [0.15, 0.2) is 54.0 Å². The highest BCUT2D eigenvalue weighted by Gasteiger charge is 2.22. The number of hydrogen-bond donors (Lipinski definition) is 1. The Morgan fingerprint density at radius 1 is 0.917 bits per heavy atom. The summed E-state index contributed by atoms with van der Waals surface area (Å²) in [5.74, 6) is 0.830. The van der Waals surface area contributed by atoms with E-state index in [9.17, 15) is 0 Å². The Morgan fingerprint density at radius 3 is 2.64 bits per heavy atom. The first-order valence-corrected chi connectivity index (χ1v) is 13.0. The van der Waals surface area contributed by atoms with Crippen LogP contribution in [-0.2, 0) is 13.0 Å². The molecule has 184 valence electrons. The summed E-state index contributed by atoms with van der Waals surface area (Å²) in [6.45, 7) is 3.80. The molecule has 0 aliphatic carbocycles. The van der Waals surface area contributed by atoms with Crippen molar-refractivity contribution in [3.63, 3.8) is 0 Å². The Bertz CT molecular complexity index is 1410. The molecule has 7 nitrogen and oxygen atoms in total. The van der Waals surface area contributed by atoms with E-state index in [1.54, 1.807) is 0 Å². The van der Waals surface area contributed by atoms with E-state index in [-0.39, 0.29) is 0 Å². The van der Waals surface area contributed by atoms with Crippen LogP contribution >= 0.6 is 0 Å². The number of rotatable bonds is 5. The molecule has 0 unspecified atom stereocenters. The fourth-order valence-electron chi connectivity index (χ4n) is 5.44. The molecule has 0 radical (unpaired) electrons. The van der Waals surface area contributed by atoms with Gasteiger partial charge in [0.25, 0.3) is 0 Å². The van der Waals surface area contributed by atoms with Gasteiger partial charge in [0.05, 0.1) is 23.6 Å². The number of benzene rings is 1. The van der Waals surface area contributed by atoms with E-state index in [1.807, 2.05) is 24.8 Å². The first-order valence-electron chi connectivity index (χ1n) is 13.0. The van der Waals surface area contributed by atoms with Crippen molar-refractivity contribution in [1.29, 1.82) is 0 Å². The lowest BCUT2D eigenvalue weighted by molar-refractivity contribution is 0.402. The molecule has 1 aromatic carbocycles. The minimum atomic E-state index is 0.799. The fraction of sp³-hybridized carbons (Fsp3) is 0.379. The zero-order valence-electron chi connectivity index (χ0n) is 21.2.